The van der Waals surface area contributed by atoms with Gasteiger partial charge in [0, 0.05) is 12.1 Å². The Labute approximate surface area is 106 Å². The van der Waals surface area contributed by atoms with E-state index in [1.165, 1.54) is 13.2 Å². The van der Waals surface area contributed by atoms with Gasteiger partial charge >= 0.3 is 0 Å². The molecule has 1 saturated carbocycles. The molecule has 0 radical (unpaired) electrons. The zero-order valence-corrected chi connectivity index (χ0v) is 10.5. The van der Waals surface area contributed by atoms with Gasteiger partial charge in [0.05, 0.1) is 30.6 Å². The molecule has 0 heterocycles. The molecule has 1 aliphatic carbocycles. The average Bonchev–Trinajstić information content (AvgIpc) is 2.82. The molecule has 0 aromatic heterocycles. The molecule has 1 aliphatic rings. The molecule has 0 aliphatic heterocycles. The van der Waals surface area contributed by atoms with E-state index in [4.69, 9.17) is 10.5 Å². The van der Waals surface area contributed by atoms with Crippen molar-refractivity contribution in [2.45, 2.75) is 31.2 Å². The van der Waals surface area contributed by atoms with Gasteiger partial charge in [-0.25, -0.2) is 4.39 Å². The van der Waals surface area contributed by atoms with Crippen molar-refractivity contribution in [3.8, 4) is 5.75 Å². The van der Waals surface area contributed by atoms with Gasteiger partial charge in [0.1, 0.15) is 0 Å². The van der Waals surface area contributed by atoms with Crippen LogP contribution in [0.25, 0.3) is 0 Å². The topological polar surface area (TPSA) is 67.5 Å². The number of aliphatic hydroxyl groups excluding tert-OH is 1. The van der Waals surface area contributed by atoms with Crippen LogP contribution >= 0.6 is 0 Å². The summed E-state index contributed by atoms with van der Waals surface area (Å²) in [6, 6.07) is 2.78. The fourth-order valence-electron chi connectivity index (χ4n) is 2.49. The minimum Gasteiger partial charge on any atom is -0.494 e. The lowest BCUT2D eigenvalue weighted by Gasteiger charge is -2.30. The Morgan fingerprint density at radius 3 is 2.67 bits per heavy atom. The quantitative estimate of drug-likeness (QED) is 0.720. The summed E-state index contributed by atoms with van der Waals surface area (Å²) in [4.78, 5) is 0. The lowest BCUT2D eigenvalue weighted by Crippen LogP contribution is -2.39. The number of ether oxygens (including phenoxy) is 1. The molecule has 0 unspecified atom stereocenters. The van der Waals surface area contributed by atoms with Crippen LogP contribution in [0.4, 0.5) is 15.8 Å². The van der Waals surface area contributed by atoms with Gasteiger partial charge in [-0.15, -0.1) is 0 Å². The first-order chi connectivity index (χ1) is 8.60. The first-order valence-electron chi connectivity index (χ1n) is 6.12. The van der Waals surface area contributed by atoms with Crippen LogP contribution in [0, 0.1) is 5.82 Å². The lowest BCUT2D eigenvalue weighted by molar-refractivity contribution is 0.214. The Hall–Kier alpha value is -1.49. The number of benzene rings is 1. The van der Waals surface area contributed by atoms with Gasteiger partial charge in [-0.05, 0) is 12.8 Å². The number of methoxy groups -OCH3 is 1. The van der Waals surface area contributed by atoms with E-state index >= 15 is 0 Å². The lowest BCUT2D eigenvalue weighted by atomic mass is 9.98. The predicted octanol–water partition coefficient (Wildman–Crippen LogP) is 2.13. The molecule has 0 bridgehead atoms. The fraction of sp³-hybridized carbons (Fsp3) is 0.538. The van der Waals surface area contributed by atoms with Crippen molar-refractivity contribution >= 4 is 11.4 Å². The third kappa shape index (κ3) is 2.36. The van der Waals surface area contributed by atoms with Crippen LogP contribution < -0.4 is 15.8 Å². The van der Waals surface area contributed by atoms with Gasteiger partial charge in [-0.2, -0.15) is 0 Å². The third-order valence-corrected chi connectivity index (χ3v) is 3.59. The Balaban J connectivity index is 2.27. The monoisotopic (exact) mass is 254 g/mol. The van der Waals surface area contributed by atoms with E-state index in [2.05, 4.69) is 5.32 Å². The van der Waals surface area contributed by atoms with Gasteiger partial charge in [0.2, 0.25) is 0 Å². The van der Waals surface area contributed by atoms with Crippen LogP contribution in [-0.2, 0) is 0 Å². The molecule has 1 aromatic rings. The number of anilines is 2. The summed E-state index contributed by atoms with van der Waals surface area (Å²) < 4.78 is 18.4. The van der Waals surface area contributed by atoms with E-state index < -0.39 is 5.82 Å². The maximum Gasteiger partial charge on any atom is 0.167 e. The Kier molecular flexibility index (Phi) is 3.61. The largest absolute Gasteiger partial charge is 0.494 e. The smallest absolute Gasteiger partial charge is 0.167 e. The highest BCUT2D eigenvalue weighted by Gasteiger charge is 2.33. The van der Waals surface area contributed by atoms with Crippen LogP contribution in [0.1, 0.15) is 25.7 Å². The van der Waals surface area contributed by atoms with E-state index in [9.17, 15) is 9.50 Å². The zero-order valence-electron chi connectivity index (χ0n) is 10.5. The van der Waals surface area contributed by atoms with Gasteiger partial charge in [-0.3, -0.25) is 0 Å². The second kappa shape index (κ2) is 5.02. The molecule has 4 nitrogen and oxygen atoms in total. The number of hydrogen-bond donors (Lipinski definition) is 3. The fourth-order valence-corrected chi connectivity index (χ4v) is 2.49. The number of nitrogens with one attached hydrogen (secondary N) is 1. The molecule has 0 spiro atoms. The maximum atomic E-state index is 13.4. The molecular weight excluding hydrogens is 235 g/mol. The SMILES string of the molecule is COc1cc(NC2(CO)CCCC2)c(N)cc1F. The zero-order chi connectivity index (χ0) is 13.2. The molecular formula is C13H19FN2O2. The molecule has 0 amide bonds. The summed E-state index contributed by atoms with van der Waals surface area (Å²) in [7, 11) is 1.41. The molecule has 1 fully saturated rings. The summed E-state index contributed by atoms with van der Waals surface area (Å²) in [6.07, 6.45) is 3.93. The predicted molar refractivity (Wildman–Crippen MR) is 69.3 cm³/mol. The van der Waals surface area contributed by atoms with Crippen LogP contribution in [0.5, 0.6) is 5.75 Å². The van der Waals surface area contributed by atoms with Gasteiger partial charge in [-0.1, -0.05) is 12.8 Å². The second-order valence-electron chi connectivity index (χ2n) is 4.84. The number of aliphatic hydroxyl groups is 1. The van der Waals surface area contributed by atoms with E-state index in [1.807, 2.05) is 0 Å². The molecule has 2 rings (SSSR count). The highest BCUT2D eigenvalue weighted by Crippen LogP contribution is 2.36. The molecule has 4 N–H and O–H groups in total. The van der Waals surface area contributed by atoms with Gasteiger partial charge < -0.3 is 20.9 Å². The Morgan fingerprint density at radius 1 is 1.44 bits per heavy atom. The summed E-state index contributed by atoms with van der Waals surface area (Å²) in [5.74, 6) is -0.331. The van der Waals surface area contributed by atoms with Crippen LogP contribution in [0.2, 0.25) is 0 Å². The maximum absolute atomic E-state index is 13.4. The summed E-state index contributed by atoms with van der Waals surface area (Å²) in [5.41, 5.74) is 6.40. The standard InChI is InChI=1S/C13H19FN2O2/c1-18-12-7-11(10(15)6-9(12)14)16-13(8-17)4-2-3-5-13/h6-7,16-17H,2-5,8,15H2,1H3. The van der Waals surface area contributed by atoms with Crippen molar-refractivity contribution in [2.24, 2.45) is 0 Å². The highest BCUT2D eigenvalue weighted by atomic mass is 19.1. The van der Waals surface area contributed by atoms with Crippen molar-refractivity contribution < 1.29 is 14.2 Å². The third-order valence-electron chi connectivity index (χ3n) is 3.59. The van der Waals surface area contributed by atoms with Crippen LogP contribution in [0.3, 0.4) is 0 Å². The number of nitrogen functional groups attached to an aromatic ring is 1. The Morgan fingerprint density at radius 2 is 2.11 bits per heavy atom. The minimum atomic E-state index is -0.481. The van der Waals surface area contributed by atoms with Crippen molar-refractivity contribution in [3.63, 3.8) is 0 Å². The number of hydrogen-bond acceptors (Lipinski definition) is 4. The highest BCUT2D eigenvalue weighted by molar-refractivity contribution is 5.69. The van der Waals surface area contributed by atoms with Crippen LogP contribution in [0.15, 0.2) is 12.1 Å². The van der Waals surface area contributed by atoms with Gasteiger partial charge in [0.25, 0.3) is 0 Å². The van der Waals surface area contributed by atoms with Crippen molar-refractivity contribution in [1.82, 2.24) is 0 Å². The number of halogens is 1. The summed E-state index contributed by atoms with van der Waals surface area (Å²) >= 11 is 0. The van der Waals surface area contributed by atoms with E-state index in [0.717, 1.165) is 25.7 Å². The summed E-state index contributed by atoms with van der Waals surface area (Å²) in [5, 5.41) is 12.8. The second-order valence-corrected chi connectivity index (χ2v) is 4.84. The molecule has 1 aromatic carbocycles. The molecule has 100 valence electrons. The normalized spacial score (nSPS) is 17.7. The number of rotatable bonds is 4. The number of nitrogens with two attached hydrogens (primary N) is 1. The first-order valence-corrected chi connectivity index (χ1v) is 6.12. The first kappa shape index (κ1) is 13.0. The van der Waals surface area contributed by atoms with E-state index in [-0.39, 0.29) is 17.9 Å². The van der Waals surface area contributed by atoms with Crippen molar-refractivity contribution in [2.75, 3.05) is 24.8 Å². The molecule has 18 heavy (non-hydrogen) atoms. The van der Waals surface area contributed by atoms with E-state index in [1.54, 1.807) is 6.07 Å². The molecule has 0 atom stereocenters. The molecule has 0 saturated heterocycles. The summed E-state index contributed by atoms with van der Waals surface area (Å²) in [6.45, 7) is 0.0477. The van der Waals surface area contributed by atoms with Gasteiger partial charge in [0.15, 0.2) is 11.6 Å². The van der Waals surface area contributed by atoms with Crippen molar-refractivity contribution in [1.29, 1.82) is 0 Å². The van der Waals surface area contributed by atoms with E-state index in [0.29, 0.717) is 11.4 Å². The van der Waals surface area contributed by atoms with Crippen molar-refractivity contribution in [3.05, 3.63) is 17.9 Å². The Bertz CT molecular complexity index is 431. The minimum absolute atomic E-state index is 0.0477. The molecule has 5 heteroatoms. The average molecular weight is 254 g/mol. The van der Waals surface area contributed by atoms with Crippen LogP contribution in [-0.4, -0.2) is 24.4 Å².